The molecule has 2 aromatic heterocycles. The number of aromatic nitrogens is 4. The molecule has 1 N–H and O–H groups in total. The number of carbonyl (C=O) groups excluding carboxylic acids is 1. The van der Waals surface area contributed by atoms with E-state index in [-0.39, 0.29) is 5.91 Å². The number of carbonyl (C=O) groups is 1. The van der Waals surface area contributed by atoms with Crippen LogP contribution in [0.15, 0.2) is 42.9 Å². The zero-order valence-electron chi connectivity index (χ0n) is 20.5. The highest BCUT2D eigenvalue weighted by Gasteiger charge is 2.22. The number of unbranched alkanes of at least 4 members (excludes halogenated alkanes) is 1. The van der Waals surface area contributed by atoms with Crippen LogP contribution in [0.3, 0.4) is 0 Å². The van der Waals surface area contributed by atoms with Crippen molar-refractivity contribution in [2.75, 3.05) is 31.1 Å². The summed E-state index contributed by atoms with van der Waals surface area (Å²) in [5, 5.41) is 7.37. The summed E-state index contributed by atoms with van der Waals surface area (Å²) < 4.78 is 1.93. The first-order chi connectivity index (χ1) is 16.5. The number of aryl methyl sites for hydroxylation is 1. The van der Waals surface area contributed by atoms with Gasteiger partial charge in [-0.2, -0.15) is 5.10 Å². The second-order valence-electron chi connectivity index (χ2n) is 8.95. The van der Waals surface area contributed by atoms with Crippen molar-refractivity contribution in [3.05, 3.63) is 59.7 Å². The molecular weight excluding hydrogens is 426 g/mol. The fraction of sp³-hybridized carbons (Fsp3) is 0.462. The number of rotatable bonds is 9. The van der Waals surface area contributed by atoms with Gasteiger partial charge in [0.25, 0.3) is 0 Å². The molecule has 1 fully saturated rings. The molecule has 1 aliphatic heterocycles. The lowest BCUT2D eigenvalue weighted by Crippen LogP contribution is -2.46. The predicted molar refractivity (Wildman–Crippen MR) is 134 cm³/mol. The van der Waals surface area contributed by atoms with E-state index in [4.69, 9.17) is 4.98 Å². The van der Waals surface area contributed by atoms with Gasteiger partial charge in [0.2, 0.25) is 5.91 Å². The first-order valence-corrected chi connectivity index (χ1v) is 12.2. The smallest absolute Gasteiger partial charge is 0.220 e. The third-order valence-electron chi connectivity index (χ3n) is 6.56. The fourth-order valence-electron chi connectivity index (χ4n) is 4.23. The van der Waals surface area contributed by atoms with Gasteiger partial charge in [-0.05, 0) is 18.9 Å². The molecule has 0 spiro atoms. The molecule has 34 heavy (non-hydrogen) atoms. The molecule has 0 aliphatic carbocycles. The third kappa shape index (κ3) is 5.80. The minimum Gasteiger partial charge on any atom is -0.352 e. The molecule has 8 heteroatoms. The van der Waals surface area contributed by atoms with Crippen molar-refractivity contribution in [1.82, 2.24) is 30.0 Å². The van der Waals surface area contributed by atoms with Crippen LogP contribution in [0.25, 0.3) is 11.3 Å². The van der Waals surface area contributed by atoms with Crippen LogP contribution in [0.1, 0.15) is 43.0 Å². The maximum absolute atomic E-state index is 11.9. The van der Waals surface area contributed by atoms with Crippen LogP contribution in [0, 0.1) is 6.92 Å². The second kappa shape index (κ2) is 11.2. The van der Waals surface area contributed by atoms with Gasteiger partial charge in [0.15, 0.2) is 5.82 Å². The first-order valence-electron chi connectivity index (χ1n) is 12.2. The predicted octanol–water partition coefficient (Wildman–Crippen LogP) is 3.31. The highest BCUT2D eigenvalue weighted by molar-refractivity contribution is 5.76. The summed E-state index contributed by atoms with van der Waals surface area (Å²) in [4.78, 5) is 26.0. The van der Waals surface area contributed by atoms with Crippen LogP contribution >= 0.6 is 0 Å². The lowest BCUT2D eigenvalue weighted by molar-refractivity contribution is -0.121. The number of nitrogens with one attached hydrogen (secondary N) is 1. The van der Waals surface area contributed by atoms with E-state index in [1.165, 1.54) is 11.3 Å². The Labute approximate surface area is 202 Å². The zero-order chi connectivity index (χ0) is 23.9. The molecule has 1 amide bonds. The van der Waals surface area contributed by atoms with Crippen LogP contribution in [-0.2, 0) is 24.9 Å². The Morgan fingerprint density at radius 1 is 1.06 bits per heavy atom. The number of amides is 1. The standard InChI is InChI=1S/C26H35N7O/c1-4-5-6-24(34)29-17-21-7-9-22(10-8-21)25-26(28-12-11-27-25)33-15-13-32(14-16-33)19-23-18-30-31(3)20(23)2/h7-12,18H,4-6,13-17,19H2,1-3H3,(H,29,34). The van der Waals surface area contributed by atoms with Crippen molar-refractivity contribution in [3.63, 3.8) is 0 Å². The van der Waals surface area contributed by atoms with Gasteiger partial charge in [-0.25, -0.2) is 4.98 Å². The summed E-state index contributed by atoms with van der Waals surface area (Å²) in [6.07, 6.45) is 8.04. The van der Waals surface area contributed by atoms with Gasteiger partial charge in [0.05, 0.1) is 6.20 Å². The molecule has 0 atom stereocenters. The Morgan fingerprint density at radius 3 is 2.47 bits per heavy atom. The highest BCUT2D eigenvalue weighted by Crippen LogP contribution is 2.28. The largest absolute Gasteiger partial charge is 0.352 e. The molecule has 1 aliphatic rings. The third-order valence-corrected chi connectivity index (χ3v) is 6.56. The topological polar surface area (TPSA) is 79.2 Å². The number of benzene rings is 1. The molecule has 0 radical (unpaired) electrons. The van der Waals surface area contributed by atoms with Crippen LogP contribution in [0.2, 0.25) is 0 Å². The molecule has 4 rings (SSSR count). The molecule has 180 valence electrons. The average molecular weight is 462 g/mol. The van der Waals surface area contributed by atoms with Crippen molar-refractivity contribution < 1.29 is 4.79 Å². The molecule has 1 saturated heterocycles. The van der Waals surface area contributed by atoms with E-state index in [1.54, 1.807) is 12.4 Å². The van der Waals surface area contributed by atoms with E-state index in [2.05, 4.69) is 63.3 Å². The molecule has 1 aromatic carbocycles. The molecule has 0 bridgehead atoms. The summed E-state index contributed by atoms with van der Waals surface area (Å²) in [5.41, 5.74) is 5.54. The first kappa shape index (κ1) is 23.9. The van der Waals surface area contributed by atoms with E-state index >= 15 is 0 Å². The number of nitrogens with zero attached hydrogens (tertiary/aromatic N) is 6. The average Bonchev–Trinajstić information content (AvgIpc) is 3.19. The SMILES string of the molecule is CCCCC(=O)NCc1ccc(-c2nccnc2N2CCN(Cc3cnn(C)c3C)CC2)cc1. The lowest BCUT2D eigenvalue weighted by Gasteiger charge is -2.35. The van der Waals surface area contributed by atoms with Gasteiger partial charge < -0.3 is 10.2 Å². The Morgan fingerprint density at radius 2 is 1.79 bits per heavy atom. The maximum Gasteiger partial charge on any atom is 0.220 e. The van der Waals surface area contributed by atoms with Crippen molar-refractivity contribution in [2.45, 2.75) is 46.2 Å². The van der Waals surface area contributed by atoms with Gasteiger partial charge in [-0.15, -0.1) is 0 Å². The van der Waals surface area contributed by atoms with Gasteiger partial charge in [-0.3, -0.25) is 19.4 Å². The maximum atomic E-state index is 11.9. The Balaban J connectivity index is 1.37. The van der Waals surface area contributed by atoms with Crippen LogP contribution in [0.4, 0.5) is 5.82 Å². The Kier molecular flexibility index (Phi) is 7.90. The number of piperazine rings is 1. The summed E-state index contributed by atoms with van der Waals surface area (Å²) in [6, 6.07) is 8.26. The van der Waals surface area contributed by atoms with Crippen molar-refractivity contribution >= 4 is 11.7 Å². The van der Waals surface area contributed by atoms with Gasteiger partial charge in [-0.1, -0.05) is 37.6 Å². The molecular formula is C26H35N7O. The van der Waals surface area contributed by atoms with Crippen molar-refractivity contribution in [2.24, 2.45) is 7.05 Å². The molecule has 3 aromatic rings. The fourth-order valence-corrected chi connectivity index (χ4v) is 4.23. The molecule has 3 heterocycles. The number of hydrogen-bond acceptors (Lipinski definition) is 6. The molecule has 8 nitrogen and oxygen atoms in total. The van der Waals surface area contributed by atoms with E-state index in [0.29, 0.717) is 13.0 Å². The number of anilines is 1. The normalized spacial score (nSPS) is 14.4. The molecule has 0 unspecified atom stereocenters. The van der Waals surface area contributed by atoms with Gasteiger partial charge >= 0.3 is 0 Å². The zero-order valence-corrected chi connectivity index (χ0v) is 20.5. The lowest BCUT2D eigenvalue weighted by atomic mass is 10.1. The summed E-state index contributed by atoms with van der Waals surface area (Å²) >= 11 is 0. The monoisotopic (exact) mass is 461 g/mol. The van der Waals surface area contributed by atoms with Crippen LogP contribution < -0.4 is 10.2 Å². The van der Waals surface area contributed by atoms with E-state index in [9.17, 15) is 4.79 Å². The quantitative estimate of drug-likeness (QED) is 0.527. The summed E-state index contributed by atoms with van der Waals surface area (Å²) in [6.45, 7) is 9.46. The minimum atomic E-state index is 0.111. The molecule has 0 saturated carbocycles. The van der Waals surface area contributed by atoms with Gasteiger partial charge in [0, 0.05) is 82.0 Å². The Hall–Kier alpha value is -3.26. The summed E-state index contributed by atoms with van der Waals surface area (Å²) in [5.74, 6) is 1.04. The second-order valence-corrected chi connectivity index (χ2v) is 8.95. The van der Waals surface area contributed by atoms with Crippen molar-refractivity contribution in [3.8, 4) is 11.3 Å². The van der Waals surface area contributed by atoms with Crippen LogP contribution in [0.5, 0.6) is 0 Å². The Bertz CT molecular complexity index is 1080. The van der Waals surface area contributed by atoms with E-state index in [1.807, 2.05) is 17.9 Å². The minimum absolute atomic E-state index is 0.111. The number of hydrogen-bond donors (Lipinski definition) is 1. The summed E-state index contributed by atoms with van der Waals surface area (Å²) in [7, 11) is 1.99. The highest BCUT2D eigenvalue weighted by atomic mass is 16.1. The van der Waals surface area contributed by atoms with E-state index in [0.717, 1.165) is 68.2 Å². The van der Waals surface area contributed by atoms with E-state index < -0.39 is 0 Å². The van der Waals surface area contributed by atoms with Gasteiger partial charge in [0.1, 0.15) is 5.69 Å². The van der Waals surface area contributed by atoms with Crippen LogP contribution in [-0.4, -0.2) is 56.7 Å². The van der Waals surface area contributed by atoms with Crippen molar-refractivity contribution in [1.29, 1.82) is 0 Å².